The maximum Gasteiger partial charge on any atom is 0.300 e. The highest BCUT2D eigenvalue weighted by atomic mass is 16.5. The van der Waals surface area contributed by atoms with Crippen molar-refractivity contribution in [1.82, 2.24) is 9.80 Å². The van der Waals surface area contributed by atoms with Gasteiger partial charge >= 0.3 is 0 Å². The number of aryl methyl sites for hydroxylation is 1. The van der Waals surface area contributed by atoms with Crippen LogP contribution in [-0.4, -0.2) is 71.6 Å². The van der Waals surface area contributed by atoms with Crippen molar-refractivity contribution < 1.29 is 28.6 Å². The molecule has 2 aliphatic rings. The second-order valence-corrected chi connectivity index (χ2v) is 7.92. The van der Waals surface area contributed by atoms with Gasteiger partial charge in [0.25, 0.3) is 11.9 Å². The highest BCUT2D eigenvalue weighted by Gasteiger charge is 2.40. The summed E-state index contributed by atoms with van der Waals surface area (Å²) in [6.07, 6.45) is 1.91. The molecule has 0 saturated carbocycles. The number of piperidine rings is 1. The summed E-state index contributed by atoms with van der Waals surface area (Å²) in [6, 6.07) is 7.63. The summed E-state index contributed by atoms with van der Waals surface area (Å²) < 4.78 is 11.8. The normalized spacial score (nSPS) is 18.7. The lowest BCUT2D eigenvalue weighted by Gasteiger charge is -2.42. The number of carbonyl (C=O) groups excluding carboxylic acids is 2. The van der Waals surface area contributed by atoms with Crippen molar-refractivity contribution in [2.24, 2.45) is 0 Å². The molecule has 3 heterocycles. The van der Waals surface area contributed by atoms with Crippen LogP contribution in [0.4, 0.5) is 0 Å². The molecule has 2 saturated heterocycles. The molecular weight excluding hydrogens is 388 g/mol. The SMILES string of the molecule is CC(=O)O.Cc1cc2cccc(C(=O)N3CCC4(CC3)CN(C)C(=O)CCO4)c2o1. The Balaban J connectivity index is 0.000000589. The van der Waals surface area contributed by atoms with Gasteiger partial charge in [-0.2, -0.15) is 0 Å². The summed E-state index contributed by atoms with van der Waals surface area (Å²) in [5, 5.41) is 8.37. The number of furan rings is 1. The van der Waals surface area contributed by atoms with Crippen LogP contribution in [0.25, 0.3) is 11.0 Å². The number of nitrogens with zero attached hydrogens (tertiary/aromatic N) is 2. The minimum Gasteiger partial charge on any atom is -0.481 e. The van der Waals surface area contributed by atoms with Gasteiger partial charge in [-0.3, -0.25) is 14.4 Å². The first-order chi connectivity index (χ1) is 14.2. The molecule has 1 aromatic carbocycles. The highest BCUT2D eigenvalue weighted by molar-refractivity contribution is 6.05. The molecule has 162 valence electrons. The Morgan fingerprint density at radius 1 is 1.20 bits per heavy atom. The molecule has 2 aliphatic heterocycles. The second-order valence-electron chi connectivity index (χ2n) is 7.92. The number of likely N-dealkylation sites (N-methyl/N-ethyl adjacent to an activating group) is 1. The number of benzene rings is 1. The number of carbonyl (C=O) groups is 3. The number of likely N-dealkylation sites (tertiary alicyclic amines) is 1. The summed E-state index contributed by atoms with van der Waals surface area (Å²) in [4.78, 5) is 37.6. The van der Waals surface area contributed by atoms with Crippen molar-refractivity contribution in [2.45, 2.75) is 38.7 Å². The van der Waals surface area contributed by atoms with Gasteiger partial charge in [-0.1, -0.05) is 12.1 Å². The number of carboxylic acids is 1. The van der Waals surface area contributed by atoms with E-state index in [0.717, 1.165) is 30.9 Å². The van der Waals surface area contributed by atoms with Gasteiger partial charge in [0.2, 0.25) is 5.91 Å². The van der Waals surface area contributed by atoms with Crippen molar-refractivity contribution >= 4 is 28.8 Å². The topological polar surface area (TPSA) is 100 Å². The molecule has 2 fully saturated rings. The number of hydrogen-bond donors (Lipinski definition) is 1. The number of fused-ring (bicyclic) bond motifs is 1. The zero-order valence-corrected chi connectivity index (χ0v) is 17.6. The van der Waals surface area contributed by atoms with Crippen molar-refractivity contribution in [1.29, 1.82) is 0 Å². The number of amides is 2. The van der Waals surface area contributed by atoms with E-state index in [-0.39, 0.29) is 17.4 Å². The number of ether oxygens (including phenoxy) is 1. The second kappa shape index (κ2) is 8.87. The van der Waals surface area contributed by atoms with E-state index < -0.39 is 5.97 Å². The smallest absolute Gasteiger partial charge is 0.300 e. The first kappa shape index (κ1) is 21.8. The molecule has 0 radical (unpaired) electrons. The quantitative estimate of drug-likeness (QED) is 0.767. The highest BCUT2D eigenvalue weighted by Crippen LogP contribution is 2.31. The van der Waals surface area contributed by atoms with E-state index in [1.807, 2.05) is 43.1 Å². The van der Waals surface area contributed by atoms with Crippen LogP contribution in [0.3, 0.4) is 0 Å². The van der Waals surface area contributed by atoms with Crippen molar-refractivity contribution in [3.63, 3.8) is 0 Å². The van der Waals surface area contributed by atoms with Crippen molar-refractivity contribution in [3.8, 4) is 0 Å². The molecule has 2 amide bonds. The van der Waals surface area contributed by atoms with Gasteiger partial charge < -0.3 is 24.1 Å². The van der Waals surface area contributed by atoms with Gasteiger partial charge in [-0.15, -0.1) is 0 Å². The summed E-state index contributed by atoms with van der Waals surface area (Å²) >= 11 is 0. The molecule has 4 rings (SSSR count). The van der Waals surface area contributed by atoms with Gasteiger partial charge in [-0.25, -0.2) is 0 Å². The lowest BCUT2D eigenvalue weighted by atomic mass is 9.90. The fourth-order valence-electron chi connectivity index (χ4n) is 4.06. The Hall–Kier alpha value is -2.87. The molecule has 1 spiro atoms. The van der Waals surface area contributed by atoms with Crippen LogP contribution in [0.5, 0.6) is 0 Å². The zero-order chi connectivity index (χ0) is 21.9. The van der Waals surface area contributed by atoms with Crippen LogP contribution in [0.2, 0.25) is 0 Å². The first-order valence-corrected chi connectivity index (χ1v) is 10.1. The fraction of sp³-hybridized carbons (Fsp3) is 0.500. The van der Waals surface area contributed by atoms with Crippen LogP contribution >= 0.6 is 0 Å². The number of hydrogen-bond acceptors (Lipinski definition) is 5. The molecular formula is C22H28N2O6. The predicted octanol–water partition coefficient (Wildman–Crippen LogP) is 2.69. The molecule has 1 aromatic heterocycles. The molecule has 1 N–H and O–H groups in total. The fourth-order valence-corrected chi connectivity index (χ4v) is 4.06. The summed E-state index contributed by atoms with van der Waals surface area (Å²) in [7, 11) is 1.83. The van der Waals surface area contributed by atoms with E-state index >= 15 is 0 Å². The maximum atomic E-state index is 13.0. The zero-order valence-electron chi connectivity index (χ0n) is 17.6. The van der Waals surface area contributed by atoms with Gasteiger partial charge in [0.15, 0.2) is 0 Å². The van der Waals surface area contributed by atoms with E-state index in [2.05, 4.69) is 0 Å². The largest absolute Gasteiger partial charge is 0.481 e. The predicted molar refractivity (Wildman–Crippen MR) is 110 cm³/mol. The standard InChI is InChI=1S/C20H24N2O4.C2H4O2/c1-14-12-15-4-3-5-16(18(15)26-14)19(24)22-9-7-20(8-10-22)13-21(2)17(23)6-11-25-20;1-2(3)4/h3-5,12H,6-11,13H2,1-2H3;1H3,(H,3,4). The first-order valence-electron chi connectivity index (χ1n) is 10.1. The summed E-state index contributed by atoms with van der Waals surface area (Å²) in [5.41, 5.74) is 0.942. The Bertz CT molecular complexity index is 938. The molecule has 30 heavy (non-hydrogen) atoms. The number of para-hydroxylation sites is 1. The number of rotatable bonds is 1. The monoisotopic (exact) mass is 416 g/mol. The minimum atomic E-state index is -0.833. The Morgan fingerprint density at radius 3 is 2.53 bits per heavy atom. The van der Waals surface area contributed by atoms with E-state index in [1.54, 1.807) is 4.90 Å². The average molecular weight is 416 g/mol. The van der Waals surface area contributed by atoms with E-state index in [9.17, 15) is 9.59 Å². The van der Waals surface area contributed by atoms with E-state index in [4.69, 9.17) is 19.1 Å². The van der Waals surface area contributed by atoms with Crippen molar-refractivity contribution in [3.05, 3.63) is 35.6 Å². The molecule has 0 aliphatic carbocycles. The van der Waals surface area contributed by atoms with Gasteiger partial charge in [0, 0.05) is 39.0 Å². The Labute approximate surface area is 175 Å². The molecule has 0 atom stereocenters. The van der Waals surface area contributed by atoms with Crippen LogP contribution < -0.4 is 0 Å². The van der Waals surface area contributed by atoms with Crippen LogP contribution in [0.15, 0.2) is 28.7 Å². The number of aliphatic carboxylic acids is 1. The third-order valence-electron chi connectivity index (χ3n) is 5.53. The summed E-state index contributed by atoms with van der Waals surface area (Å²) in [6.45, 7) is 5.27. The van der Waals surface area contributed by atoms with Crippen molar-refractivity contribution in [2.75, 3.05) is 33.3 Å². The van der Waals surface area contributed by atoms with Gasteiger partial charge in [0.05, 0.1) is 24.2 Å². The lowest BCUT2D eigenvalue weighted by Crippen LogP contribution is -2.52. The van der Waals surface area contributed by atoms with E-state index in [0.29, 0.717) is 43.8 Å². The van der Waals surface area contributed by atoms with Crippen LogP contribution in [0, 0.1) is 6.92 Å². The third kappa shape index (κ3) is 4.81. The Kier molecular flexibility index (Phi) is 6.45. The lowest BCUT2D eigenvalue weighted by molar-refractivity contribution is -0.134. The van der Waals surface area contributed by atoms with Crippen LogP contribution in [-0.2, 0) is 14.3 Å². The molecule has 0 bridgehead atoms. The van der Waals surface area contributed by atoms with Gasteiger partial charge in [-0.05, 0) is 31.9 Å². The molecule has 0 unspecified atom stereocenters. The van der Waals surface area contributed by atoms with Crippen LogP contribution in [0.1, 0.15) is 42.3 Å². The molecule has 8 nitrogen and oxygen atoms in total. The summed E-state index contributed by atoms with van der Waals surface area (Å²) in [5.74, 6) is 0.0931. The maximum absolute atomic E-state index is 13.0. The van der Waals surface area contributed by atoms with E-state index in [1.165, 1.54) is 0 Å². The number of carboxylic acid groups (broad SMARTS) is 1. The average Bonchev–Trinajstić information content (AvgIpc) is 3.01. The minimum absolute atomic E-state index is 0.00199. The Morgan fingerprint density at radius 2 is 1.87 bits per heavy atom. The molecule has 2 aromatic rings. The van der Waals surface area contributed by atoms with Gasteiger partial charge in [0.1, 0.15) is 11.3 Å². The molecule has 8 heteroatoms. The third-order valence-corrected chi connectivity index (χ3v) is 5.53.